The monoisotopic (exact) mass is 226 g/mol. The number of hydrogen-bond acceptors (Lipinski definition) is 5. The van der Waals surface area contributed by atoms with Gasteiger partial charge < -0.3 is 19.7 Å². The normalized spacial score (nSPS) is 9.56. The first-order chi connectivity index (χ1) is 7.54. The maximum Gasteiger partial charge on any atom is 0.513 e. The summed E-state index contributed by atoms with van der Waals surface area (Å²) in [5, 5.41) is 17.9. The number of aromatic carboxylic acids is 1. The van der Waals surface area contributed by atoms with E-state index in [1.54, 1.807) is 6.92 Å². The van der Waals surface area contributed by atoms with Gasteiger partial charge in [0, 0.05) is 6.07 Å². The van der Waals surface area contributed by atoms with Crippen LogP contribution >= 0.6 is 0 Å². The van der Waals surface area contributed by atoms with Crippen LogP contribution in [0.2, 0.25) is 0 Å². The highest BCUT2D eigenvalue weighted by Gasteiger charge is 2.12. The van der Waals surface area contributed by atoms with Crippen molar-refractivity contribution in [3.8, 4) is 11.5 Å². The molecule has 0 atom stereocenters. The van der Waals surface area contributed by atoms with Gasteiger partial charge in [0.1, 0.15) is 17.1 Å². The third kappa shape index (κ3) is 2.88. The molecule has 0 spiro atoms. The zero-order valence-electron chi connectivity index (χ0n) is 8.47. The van der Waals surface area contributed by atoms with Crippen LogP contribution in [0.1, 0.15) is 17.3 Å². The molecule has 2 N–H and O–H groups in total. The minimum Gasteiger partial charge on any atom is -0.507 e. The third-order valence-corrected chi connectivity index (χ3v) is 1.66. The van der Waals surface area contributed by atoms with Crippen molar-refractivity contribution in [3.63, 3.8) is 0 Å². The van der Waals surface area contributed by atoms with E-state index in [0.29, 0.717) is 0 Å². The lowest BCUT2D eigenvalue weighted by atomic mass is 10.2. The lowest BCUT2D eigenvalue weighted by molar-refractivity contribution is 0.0693. The molecule has 0 unspecified atom stereocenters. The molecule has 0 fully saturated rings. The smallest absolute Gasteiger partial charge is 0.507 e. The van der Waals surface area contributed by atoms with Crippen LogP contribution in [0, 0.1) is 0 Å². The summed E-state index contributed by atoms with van der Waals surface area (Å²) in [5.74, 6) is -1.73. The first-order valence-electron chi connectivity index (χ1n) is 4.45. The van der Waals surface area contributed by atoms with Crippen molar-refractivity contribution >= 4 is 12.1 Å². The minimum atomic E-state index is -1.26. The van der Waals surface area contributed by atoms with E-state index in [1.807, 2.05) is 0 Å². The molecule has 6 heteroatoms. The summed E-state index contributed by atoms with van der Waals surface area (Å²) in [6.07, 6.45) is -0.912. The number of aromatic hydroxyl groups is 1. The van der Waals surface area contributed by atoms with Crippen LogP contribution in [-0.4, -0.2) is 28.9 Å². The van der Waals surface area contributed by atoms with Gasteiger partial charge >= 0.3 is 12.1 Å². The third-order valence-electron chi connectivity index (χ3n) is 1.66. The molecule has 0 amide bonds. The Morgan fingerprint density at radius 3 is 2.56 bits per heavy atom. The van der Waals surface area contributed by atoms with Crippen molar-refractivity contribution in [2.45, 2.75) is 6.92 Å². The second-order valence-corrected chi connectivity index (χ2v) is 2.77. The van der Waals surface area contributed by atoms with E-state index in [1.165, 1.54) is 6.07 Å². The molecular formula is C10H10O6. The molecule has 0 saturated carbocycles. The number of rotatable bonds is 3. The van der Waals surface area contributed by atoms with Crippen LogP contribution in [-0.2, 0) is 4.74 Å². The maximum absolute atomic E-state index is 10.9. The Hall–Kier alpha value is -2.24. The van der Waals surface area contributed by atoms with Gasteiger partial charge in [0.05, 0.1) is 6.61 Å². The van der Waals surface area contributed by atoms with Crippen molar-refractivity contribution in [2.75, 3.05) is 6.61 Å². The molecule has 0 radical (unpaired) electrons. The molecule has 6 nitrogen and oxygen atoms in total. The molecule has 1 aromatic carbocycles. The van der Waals surface area contributed by atoms with Crippen LogP contribution in [0.25, 0.3) is 0 Å². The number of hydrogen-bond donors (Lipinski definition) is 2. The number of benzene rings is 1. The first-order valence-corrected chi connectivity index (χ1v) is 4.45. The minimum absolute atomic E-state index is 0.0148. The number of phenols is 1. The zero-order chi connectivity index (χ0) is 12.1. The average Bonchev–Trinajstić information content (AvgIpc) is 2.17. The second kappa shape index (κ2) is 5.01. The van der Waals surface area contributed by atoms with Crippen LogP contribution in [0.3, 0.4) is 0 Å². The Balaban J connectivity index is 2.81. The molecule has 0 aliphatic heterocycles. The molecule has 0 aliphatic rings. The van der Waals surface area contributed by atoms with E-state index in [0.717, 1.165) is 12.1 Å². The van der Waals surface area contributed by atoms with Gasteiger partial charge in [-0.05, 0) is 19.1 Å². The largest absolute Gasteiger partial charge is 0.513 e. The van der Waals surface area contributed by atoms with E-state index < -0.39 is 17.9 Å². The van der Waals surface area contributed by atoms with Crippen LogP contribution in [0.4, 0.5) is 4.79 Å². The van der Waals surface area contributed by atoms with Crippen LogP contribution in [0.5, 0.6) is 11.5 Å². The predicted molar refractivity (Wildman–Crippen MR) is 52.7 cm³/mol. The molecule has 0 bridgehead atoms. The second-order valence-electron chi connectivity index (χ2n) is 2.77. The summed E-state index contributed by atoms with van der Waals surface area (Å²) in [6, 6.07) is 3.41. The van der Waals surface area contributed by atoms with Gasteiger partial charge in [-0.1, -0.05) is 0 Å². The highest BCUT2D eigenvalue weighted by molar-refractivity contribution is 5.91. The highest BCUT2D eigenvalue weighted by atomic mass is 16.7. The van der Waals surface area contributed by atoms with Crippen LogP contribution < -0.4 is 4.74 Å². The average molecular weight is 226 g/mol. The SMILES string of the molecule is CCOC(=O)Oc1ccc(C(=O)O)c(O)c1. The molecule has 86 valence electrons. The number of carboxylic acid groups (broad SMARTS) is 1. The van der Waals surface area contributed by atoms with Gasteiger partial charge in [0.2, 0.25) is 0 Å². The van der Waals surface area contributed by atoms with Crippen molar-refractivity contribution < 1.29 is 29.3 Å². The Morgan fingerprint density at radius 1 is 1.38 bits per heavy atom. The molecule has 1 rings (SSSR count). The summed E-state index contributed by atoms with van der Waals surface area (Å²) < 4.78 is 9.16. The summed E-state index contributed by atoms with van der Waals surface area (Å²) in [7, 11) is 0. The molecule has 16 heavy (non-hydrogen) atoms. The molecular weight excluding hydrogens is 216 g/mol. The standard InChI is InChI=1S/C10H10O6/c1-2-15-10(14)16-6-3-4-7(9(12)13)8(11)5-6/h3-5,11H,2H2,1H3,(H,12,13). The first kappa shape index (κ1) is 11.8. The Morgan fingerprint density at radius 2 is 2.06 bits per heavy atom. The van der Waals surface area contributed by atoms with Crippen molar-refractivity contribution in [3.05, 3.63) is 23.8 Å². The number of carbonyl (C=O) groups excluding carboxylic acids is 1. The van der Waals surface area contributed by atoms with Crippen LogP contribution in [0.15, 0.2) is 18.2 Å². The van der Waals surface area contributed by atoms with E-state index in [-0.39, 0.29) is 17.9 Å². The van der Waals surface area contributed by atoms with Gasteiger partial charge in [0.25, 0.3) is 0 Å². The van der Waals surface area contributed by atoms with Crippen molar-refractivity contribution in [2.24, 2.45) is 0 Å². The number of carbonyl (C=O) groups is 2. The predicted octanol–water partition coefficient (Wildman–Crippen LogP) is 1.63. The Labute approximate surface area is 91.0 Å². The fourth-order valence-corrected chi connectivity index (χ4v) is 0.999. The quantitative estimate of drug-likeness (QED) is 0.601. The zero-order valence-corrected chi connectivity index (χ0v) is 8.47. The summed E-state index contributed by atoms with van der Waals surface area (Å²) >= 11 is 0. The van der Waals surface area contributed by atoms with Crippen molar-refractivity contribution in [1.29, 1.82) is 0 Å². The number of carboxylic acids is 1. The fourth-order valence-electron chi connectivity index (χ4n) is 0.999. The lowest BCUT2D eigenvalue weighted by Gasteiger charge is -2.05. The van der Waals surface area contributed by atoms with E-state index >= 15 is 0 Å². The van der Waals surface area contributed by atoms with Gasteiger partial charge in [-0.15, -0.1) is 0 Å². The number of ether oxygens (including phenoxy) is 2. The highest BCUT2D eigenvalue weighted by Crippen LogP contribution is 2.23. The lowest BCUT2D eigenvalue weighted by Crippen LogP contribution is -2.10. The van der Waals surface area contributed by atoms with Gasteiger partial charge in [0.15, 0.2) is 0 Å². The van der Waals surface area contributed by atoms with Gasteiger partial charge in [-0.2, -0.15) is 0 Å². The van der Waals surface area contributed by atoms with Crippen molar-refractivity contribution in [1.82, 2.24) is 0 Å². The Kier molecular flexibility index (Phi) is 3.71. The van der Waals surface area contributed by atoms with Gasteiger partial charge in [-0.25, -0.2) is 9.59 Å². The topological polar surface area (TPSA) is 93.1 Å². The molecule has 1 aromatic rings. The maximum atomic E-state index is 10.9. The molecule has 0 saturated heterocycles. The molecule has 0 aliphatic carbocycles. The van der Waals surface area contributed by atoms with Gasteiger partial charge in [-0.3, -0.25) is 0 Å². The fraction of sp³-hybridized carbons (Fsp3) is 0.200. The molecule has 0 aromatic heterocycles. The van der Waals surface area contributed by atoms with E-state index in [9.17, 15) is 14.7 Å². The summed E-state index contributed by atoms with van der Waals surface area (Å²) in [4.78, 5) is 21.5. The van der Waals surface area contributed by atoms with E-state index in [4.69, 9.17) is 5.11 Å². The summed E-state index contributed by atoms with van der Waals surface area (Å²) in [6.45, 7) is 1.78. The summed E-state index contributed by atoms with van der Waals surface area (Å²) in [5.41, 5.74) is -0.267. The van der Waals surface area contributed by atoms with E-state index in [2.05, 4.69) is 9.47 Å². The molecule has 0 heterocycles. The Bertz CT molecular complexity index is 412.